The van der Waals surface area contributed by atoms with Crippen LogP contribution in [0.5, 0.6) is 0 Å². The maximum absolute atomic E-state index is 12.1. The molecule has 1 saturated heterocycles. The lowest BCUT2D eigenvalue weighted by molar-refractivity contribution is -0.146. The molecule has 4 aromatic rings. The van der Waals surface area contributed by atoms with Crippen molar-refractivity contribution >= 4 is 5.97 Å². The number of hydrogen-bond acceptors (Lipinski definition) is 3. The topological polar surface area (TPSA) is 29.5 Å². The molecule has 1 aliphatic heterocycles. The number of carbonyl (C=O) groups is 1. The summed E-state index contributed by atoms with van der Waals surface area (Å²) in [5.41, 5.74) is 4.88. The van der Waals surface area contributed by atoms with Crippen LogP contribution in [0.4, 0.5) is 0 Å². The predicted molar refractivity (Wildman–Crippen MR) is 159 cm³/mol. The molecule has 0 bridgehead atoms. The summed E-state index contributed by atoms with van der Waals surface area (Å²) in [6.45, 7) is 5.26. The van der Waals surface area contributed by atoms with E-state index in [0.29, 0.717) is 13.0 Å². The van der Waals surface area contributed by atoms with Crippen LogP contribution in [0.2, 0.25) is 0 Å². The molecule has 0 atom stereocenters. The lowest BCUT2D eigenvalue weighted by atomic mass is 9.67. The van der Waals surface area contributed by atoms with Gasteiger partial charge in [-0.15, -0.1) is 0 Å². The van der Waals surface area contributed by atoms with Crippen molar-refractivity contribution in [2.75, 3.05) is 26.2 Å². The van der Waals surface area contributed by atoms with E-state index in [0.717, 1.165) is 38.9 Å². The molecule has 0 spiro atoms. The summed E-state index contributed by atoms with van der Waals surface area (Å²) in [7, 11) is 0. The van der Waals surface area contributed by atoms with Crippen LogP contribution in [0.15, 0.2) is 121 Å². The number of ether oxygens (including phenoxy) is 1. The minimum atomic E-state index is -0.242. The molecule has 200 valence electrons. The van der Waals surface area contributed by atoms with Crippen LogP contribution in [0.1, 0.15) is 54.9 Å². The molecule has 3 nitrogen and oxygen atoms in total. The van der Waals surface area contributed by atoms with Gasteiger partial charge in [-0.3, -0.25) is 4.79 Å². The molecular formula is C36H39NO2. The second kappa shape index (κ2) is 12.4. The normalized spacial score (nSPS) is 15.5. The van der Waals surface area contributed by atoms with Crippen molar-refractivity contribution in [1.29, 1.82) is 0 Å². The Bertz CT molecular complexity index is 1200. The summed E-state index contributed by atoms with van der Waals surface area (Å²) >= 11 is 0. The first kappa shape index (κ1) is 26.9. The van der Waals surface area contributed by atoms with Crippen LogP contribution >= 0.6 is 0 Å². The molecule has 0 saturated carbocycles. The van der Waals surface area contributed by atoms with Crippen molar-refractivity contribution in [1.82, 2.24) is 4.90 Å². The highest BCUT2D eigenvalue weighted by Crippen LogP contribution is 2.43. The second-order valence-electron chi connectivity index (χ2n) is 10.8. The Hall–Kier alpha value is -3.69. The minimum Gasteiger partial charge on any atom is -0.465 e. The molecule has 1 aliphatic rings. The Morgan fingerprint density at radius 2 is 1.15 bits per heavy atom. The fraction of sp³-hybridized carbons (Fsp3) is 0.306. The summed E-state index contributed by atoms with van der Waals surface area (Å²) in [5.74, 6) is -0.119. The fourth-order valence-electron chi connectivity index (χ4n) is 6.26. The number of esters is 1. The molecule has 0 N–H and O–H groups in total. The summed E-state index contributed by atoms with van der Waals surface area (Å²) in [6, 6.07) is 43.5. The van der Waals surface area contributed by atoms with Gasteiger partial charge in [0.25, 0.3) is 0 Å². The lowest BCUT2D eigenvalue weighted by Gasteiger charge is -2.43. The molecule has 0 aliphatic carbocycles. The van der Waals surface area contributed by atoms with Gasteiger partial charge in [-0.25, -0.2) is 0 Å². The summed E-state index contributed by atoms with van der Waals surface area (Å²) in [6.07, 6.45) is 3.35. The van der Waals surface area contributed by atoms with Gasteiger partial charge in [-0.1, -0.05) is 128 Å². The fourth-order valence-corrected chi connectivity index (χ4v) is 6.26. The number of rotatable bonds is 10. The minimum absolute atomic E-state index is 0.119. The highest BCUT2D eigenvalue weighted by atomic mass is 16.5. The van der Waals surface area contributed by atoms with E-state index in [9.17, 15) is 4.79 Å². The van der Waals surface area contributed by atoms with Gasteiger partial charge >= 0.3 is 5.97 Å². The Morgan fingerprint density at radius 1 is 0.718 bits per heavy atom. The van der Waals surface area contributed by atoms with Gasteiger partial charge < -0.3 is 9.64 Å². The molecule has 0 amide bonds. The molecule has 3 heteroatoms. The van der Waals surface area contributed by atoms with Crippen molar-refractivity contribution in [3.63, 3.8) is 0 Å². The van der Waals surface area contributed by atoms with Crippen molar-refractivity contribution in [3.05, 3.63) is 144 Å². The van der Waals surface area contributed by atoms with Crippen molar-refractivity contribution < 1.29 is 9.53 Å². The summed E-state index contributed by atoms with van der Waals surface area (Å²) in [4.78, 5) is 14.7. The smallest absolute Gasteiger partial charge is 0.305 e. The zero-order valence-corrected chi connectivity index (χ0v) is 23.0. The monoisotopic (exact) mass is 517 g/mol. The van der Waals surface area contributed by atoms with Crippen LogP contribution in [0.3, 0.4) is 0 Å². The van der Waals surface area contributed by atoms with E-state index in [4.69, 9.17) is 4.74 Å². The number of carbonyl (C=O) groups excluding carboxylic acids is 1. The van der Waals surface area contributed by atoms with E-state index in [2.05, 4.69) is 126 Å². The van der Waals surface area contributed by atoms with Gasteiger partial charge in [0.2, 0.25) is 0 Å². The number of nitrogens with zero attached hydrogens (tertiary/aromatic N) is 1. The molecule has 0 unspecified atom stereocenters. The summed E-state index contributed by atoms with van der Waals surface area (Å²) in [5, 5.41) is 0. The van der Waals surface area contributed by atoms with Gasteiger partial charge in [0.1, 0.15) is 6.61 Å². The van der Waals surface area contributed by atoms with Crippen LogP contribution in [-0.4, -0.2) is 37.1 Å². The van der Waals surface area contributed by atoms with Crippen molar-refractivity contribution in [2.24, 2.45) is 0 Å². The number of hydrogen-bond donors (Lipinski definition) is 0. The van der Waals surface area contributed by atoms with Gasteiger partial charge in [0, 0.05) is 17.3 Å². The molecular weight excluding hydrogens is 478 g/mol. The van der Waals surface area contributed by atoms with E-state index in [1.807, 2.05) is 6.92 Å². The second-order valence-corrected chi connectivity index (χ2v) is 10.8. The Balaban J connectivity index is 1.41. The van der Waals surface area contributed by atoms with E-state index >= 15 is 0 Å². The van der Waals surface area contributed by atoms with E-state index in [1.165, 1.54) is 22.3 Å². The number of benzene rings is 4. The average Bonchev–Trinajstić information content (AvgIpc) is 3.03. The third-order valence-corrected chi connectivity index (χ3v) is 8.60. The van der Waals surface area contributed by atoms with Crippen LogP contribution < -0.4 is 0 Å². The Kier molecular flexibility index (Phi) is 8.58. The van der Waals surface area contributed by atoms with Crippen LogP contribution in [0.25, 0.3) is 0 Å². The first-order valence-corrected chi connectivity index (χ1v) is 14.3. The standard InChI is InChI=1S/C36H39NO2/c1-2-34(38)39-29-35(30-15-7-3-8-16-30)23-26-37(27-24-35)28-25-36(31-17-9-4-10-18-31,32-19-11-5-12-20-32)33-21-13-6-14-22-33/h3-22H,2,23-29H2,1H3. The maximum Gasteiger partial charge on any atom is 0.305 e. The average molecular weight is 518 g/mol. The summed E-state index contributed by atoms with van der Waals surface area (Å²) < 4.78 is 5.75. The predicted octanol–water partition coefficient (Wildman–Crippen LogP) is 7.40. The number of likely N-dealkylation sites (tertiary alicyclic amines) is 1. The molecule has 5 rings (SSSR count). The Labute approximate surface area is 233 Å². The van der Waals surface area contributed by atoms with Gasteiger partial charge in [-0.2, -0.15) is 0 Å². The van der Waals surface area contributed by atoms with Gasteiger partial charge in [-0.05, 0) is 61.2 Å². The third kappa shape index (κ3) is 5.84. The van der Waals surface area contributed by atoms with Crippen LogP contribution in [0, 0.1) is 0 Å². The zero-order chi connectivity index (χ0) is 27.0. The highest BCUT2D eigenvalue weighted by molar-refractivity contribution is 5.69. The van der Waals surface area contributed by atoms with Gasteiger partial charge in [0.15, 0.2) is 0 Å². The van der Waals surface area contributed by atoms with Gasteiger partial charge in [0.05, 0.1) is 0 Å². The largest absolute Gasteiger partial charge is 0.465 e. The third-order valence-electron chi connectivity index (χ3n) is 8.60. The molecule has 4 aromatic carbocycles. The quantitative estimate of drug-likeness (QED) is 0.162. The number of piperidine rings is 1. The van der Waals surface area contributed by atoms with Crippen molar-refractivity contribution in [2.45, 2.75) is 43.4 Å². The maximum atomic E-state index is 12.1. The highest BCUT2D eigenvalue weighted by Gasteiger charge is 2.40. The first-order valence-electron chi connectivity index (χ1n) is 14.3. The molecule has 0 aromatic heterocycles. The molecule has 39 heavy (non-hydrogen) atoms. The lowest BCUT2D eigenvalue weighted by Crippen LogP contribution is -2.47. The zero-order valence-electron chi connectivity index (χ0n) is 23.0. The molecule has 1 heterocycles. The SMILES string of the molecule is CCC(=O)OCC1(c2ccccc2)CCN(CCC(c2ccccc2)(c2ccccc2)c2ccccc2)CC1. The van der Waals surface area contributed by atoms with Crippen LogP contribution in [-0.2, 0) is 20.4 Å². The first-order chi connectivity index (χ1) is 19.2. The van der Waals surface area contributed by atoms with E-state index in [1.54, 1.807) is 0 Å². The van der Waals surface area contributed by atoms with Crippen molar-refractivity contribution in [3.8, 4) is 0 Å². The van der Waals surface area contributed by atoms with E-state index < -0.39 is 0 Å². The Morgan fingerprint density at radius 3 is 1.59 bits per heavy atom. The molecule has 0 radical (unpaired) electrons. The molecule has 1 fully saturated rings. The van der Waals surface area contributed by atoms with E-state index in [-0.39, 0.29) is 16.8 Å².